The number of hydrogen-bond acceptors (Lipinski definition) is 6. The van der Waals surface area contributed by atoms with Gasteiger partial charge in [-0.1, -0.05) is 6.92 Å². The Hall–Kier alpha value is -1.48. The monoisotopic (exact) mass is 383 g/mol. The summed E-state index contributed by atoms with van der Waals surface area (Å²) in [5.74, 6) is -0.887. The molecule has 3 heterocycles. The molecular weight excluding hydrogens is 356 g/mol. The number of anilines is 1. The summed E-state index contributed by atoms with van der Waals surface area (Å²) in [5.41, 5.74) is 0.447. The quantitative estimate of drug-likeness (QED) is 0.712. The molecule has 2 N–H and O–H groups in total. The molecule has 8 heteroatoms. The van der Waals surface area contributed by atoms with Crippen LogP contribution in [0.2, 0.25) is 0 Å². The van der Waals surface area contributed by atoms with E-state index in [1.165, 1.54) is 16.2 Å². The Labute approximate surface area is 157 Å². The fraction of sp³-hybridized carbons (Fsp3) is 0.667. The molecule has 0 radical (unpaired) electrons. The molecule has 0 atom stereocenters. The fourth-order valence-electron chi connectivity index (χ4n) is 3.41. The van der Waals surface area contributed by atoms with E-state index in [0.29, 0.717) is 36.9 Å². The van der Waals surface area contributed by atoms with Crippen molar-refractivity contribution in [2.24, 2.45) is 0 Å². The van der Waals surface area contributed by atoms with Gasteiger partial charge in [-0.2, -0.15) is 0 Å². The molecule has 7 nitrogen and oxygen atoms in total. The molecular formula is C18H27N2O5S+. The number of thiophene rings is 1. The molecule has 0 bridgehead atoms. The van der Waals surface area contributed by atoms with Gasteiger partial charge in [0.05, 0.1) is 51.3 Å². The minimum atomic E-state index is -0.416. The van der Waals surface area contributed by atoms with Crippen LogP contribution in [0.5, 0.6) is 0 Å². The zero-order valence-electron chi connectivity index (χ0n) is 15.4. The highest BCUT2D eigenvalue weighted by Crippen LogP contribution is 2.29. The lowest BCUT2D eigenvalue weighted by Gasteiger charge is -2.34. The van der Waals surface area contributed by atoms with E-state index in [0.717, 1.165) is 37.2 Å². The maximum absolute atomic E-state index is 12.5. The van der Waals surface area contributed by atoms with Gasteiger partial charge in [-0.05, 0) is 19.4 Å². The van der Waals surface area contributed by atoms with Gasteiger partial charge in [0.1, 0.15) is 5.00 Å². The number of aryl methyl sites for hydroxylation is 1. The van der Waals surface area contributed by atoms with Crippen molar-refractivity contribution in [2.75, 3.05) is 44.8 Å². The predicted octanol–water partition coefficient (Wildman–Crippen LogP) is 0.848. The number of quaternary nitrogens is 1. The molecule has 2 fully saturated rings. The molecule has 1 aromatic rings. The average Bonchev–Trinajstić information content (AvgIpc) is 3.25. The number of carbonyl (C=O) groups excluding carboxylic acids is 2. The van der Waals surface area contributed by atoms with Crippen molar-refractivity contribution < 1.29 is 28.7 Å². The zero-order valence-corrected chi connectivity index (χ0v) is 16.2. The van der Waals surface area contributed by atoms with Gasteiger partial charge in [0.2, 0.25) is 0 Å². The molecule has 0 aliphatic carbocycles. The van der Waals surface area contributed by atoms with E-state index >= 15 is 0 Å². The highest BCUT2D eigenvalue weighted by molar-refractivity contribution is 7.16. The third kappa shape index (κ3) is 4.43. The van der Waals surface area contributed by atoms with Crippen molar-refractivity contribution >= 4 is 28.2 Å². The lowest BCUT2D eigenvalue weighted by atomic mass is 10.0. The number of ether oxygens (including phenoxy) is 3. The number of rotatable bonds is 6. The Balaban J connectivity index is 1.56. The van der Waals surface area contributed by atoms with Gasteiger partial charge in [-0.25, -0.2) is 4.79 Å². The van der Waals surface area contributed by atoms with Crippen molar-refractivity contribution in [1.29, 1.82) is 0 Å². The number of carbonyl (C=O) groups is 2. The largest absolute Gasteiger partial charge is 0.462 e. The number of amides is 1. The lowest BCUT2D eigenvalue weighted by molar-refractivity contribution is -0.900. The molecule has 0 aromatic carbocycles. The summed E-state index contributed by atoms with van der Waals surface area (Å²) in [5, 5.41) is 3.49. The average molecular weight is 383 g/mol. The first-order chi connectivity index (χ1) is 12.5. The molecule has 144 valence electrons. The summed E-state index contributed by atoms with van der Waals surface area (Å²) in [6.45, 7) is 7.46. The second-order valence-electron chi connectivity index (χ2n) is 6.61. The molecule has 1 aromatic heterocycles. The maximum atomic E-state index is 12.5. The smallest absolute Gasteiger partial charge is 0.341 e. The number of piperidine rings is 1. The van der Waals surface area contributed by atoms with Crippen molar-refractivity contribution in [2.45, 2.75) is 38.9 Å². The molecule has 0 saturated carbocycles. The SMILES string of the molecule is CCOC(=O)c1cc(CC)sc1NC(=O)C[NH+]1CCC2(CC1)OCCO2. The van der Waals surface area contributed by atoms with Gasteiger partial charge in [0, 0.05) is 4.88 Å². The lowest BCUT2D eigenvalue weighted by Crippen LogP contribution is -3.14. The minimum Gasteiger partial charge on any atom is -0.462 e. The summed E-state index contributed by atoms with van der Waals surface area (Å²) in [7, 11) is 0. The van der Waals surface area contributed by atoms with E-state index in [4.69, 9.17) is 14.2 Å². The molecule has 2 aliphatic rings. The van der Waals surface area contributed by atoms with Gasteiger partial charge in [0.15, 0.2) is 12.3 Å². The normalized spacial score (nSPS) is 19.6. The Morgan fingerprint density at radius 3 is 2.58 bits per heavy atom. The third-order valence-electron chi connectivity index (χ3n) is 4.82. The second-order valence-corrected chi connectivity index (χ2v) is 7.75. The van der Waals surface area contributed by atoms with Crippen molar-refractivity contribution in [1.82, 2.24) is 0 Å². The molecule has 2 saturated heterocycles. The number of likely N-dealkylation sites (tertiary alicyclic amines) is 1. The highest BCUT2D eigenvalue weighted by atomic mass is 32.1. The molecule has 0 unspecified atom stereocenters. The van der Waals surface area contributed by atoms with E-state index in [1.807, 2.05) is 13.0 Å². The zero-order chi connectivity index (χ0) is 18.6. The third-order valence-corrected chi connectivity index (χ3v) is 6.02. The molecule has 1 spiro atoms. The first-order valence-electron chi connectivity index (χ1n) is 9.26. The summed E-state index contributed by atoms with van der Waals surface area (Å²) >= 11 is 1.44. The van der Waals surface area contributed by atoms with Crippen LogP contribution in [0.1, 0.15) is 41.9 Å². The molecule has 26 heavy (non-hydrogen) atoms. The van der Waals surface area contributed by atoms with Crippen LogP contribution in [0.4, 0.5) is 5.00 Å². The van der Waals surface area contributed by atoms with Crippen LogP contribution < -0.4 is 10.2 Å². The standard InChI is InChI=1S/C18H26N2O5S/c1-3-13-11-14(17(22)23-4-2)16(26-13)19-15(21)12-20-7-5-18(6-8-20)24-9-10-25-18/h11H,3-10,12H2,1-2H3,(H,19,21)/p+1. The van der Waals surface area contributed by atoms with E-state index in [2.05, 4.69) is 5.32 Å². The Morgan fingerprint density at radius 2 is 1.96 bits per heavy atom. The minimum absolute atomic E-state index is 0.0840. The van der Waals surface area contributed by atoms with E-state index in [1.54, 1.807) is 6.92 Å². The first kappa shape index (κ1) is 19.3. The van der Waals surface area contributed by atoms with Crippen molar-refractivity contribution in [3.05, 3.63) is 16.5 Å². The van der Waals surface area contributed by atoms with E-state index < -0.39 is 5.79 Å². The van der Waals surface area contributed by atoms with Crippen LogP contribution in [0.15, 0.2) is 6.07 Å². The fourth-order valence-corrected chi connectivity index (χ4v) is 4.41. The first-order valence-corrected chi connectivity index (χ1v) is 10.1. The van der Waals surface area contributed by atoms with Crippen LogP contribution in [-0.4, -0.2) is 57.1 Å². The predicted molar refractivity (Wildman–Crippen MR) is 97.7 cm³/mol. The highest BCUT2D eigenvalue weighted by Gasteiger charge is 2.42. The van der Waals surface area contributed by atoms with Crippen molar-refractivity contribution in [3.8, 4) is 0 Å². The summed E-state index contributed by atoms with van der Waals surface area (Å²) in [4.78, 5) is 26.8. The van der Waals surface area contributed by atoms with Gasteiger partial charge in [-0.15, -0.1) is 11.3 Å². The molecule has 3 rings (SSSR count). The second kappa shape index (κ2) is 8.47. The Bertz CT molecular complexity index is 644. The summed E-state index contributed by atoms with van der Waals surface area (Å²) in [6, 6.07) is 1.81. The van der Waals surface area contributed by atoms with Crippen LogP contribution in [-0.2, 0) is 25.4 Å². The number of hydrogen-bond donors (Lipinski definition) is 2. The van der Waals surface area contributed by atoms with E-state index in [-0.39, 0.29) is 11.9 Å². The topological polar surface area (TPSA) is 78.3 Å². The molecule has 2 aliphatic heterocycles. The molecule has 1 amide bonds. The maximum Gasteiger partial charge on any atom is 0.341 e. The van der Waals surface area contributed by atoms with Gasteiger partial charge >= 0.3 is 5.97 Å². The van der Waals surface area contributed by atoms with Gasteiger partial charge in [-0.3, -0.25) is 4.79 Å². The van der Waals surface area contributed by atoms with Crippen LogP contribution >= 0.6 is 11.3 Å². The van der Waals surface area contributed by atoms with Crippen LogP contribution in [0.25, 0.3) is 0 Å². The number of nitrogens with one attached hydrogen (secondary N) is 2. The van der Waals surface area contributed by atoms with Gasteiger partial charge < -0.3 is 24.4 Å². The summed E-state index contributed by atoms with van der Waals surface area (Å²) < 4.78 is 16.5. The Morgan fingerprint density at radius 1 is 1.27 bits per heavy atom. The van der Waals surface area contributed by atoms with Crippen LogP contribution in [0.3, 0.4) is 0 Å². The number of esters is 1. The Kier molecular flexibility index (Phi) is 6.29. The van der Waals surface area contributed by atoms with Gasteiger partial charge in [0.25, 0.3) is 5.91 Å². The van der Waals surface area contributed by atoms with Crippen molar-refractivity contribution in [3.63, 3.8) is 0 Å². The summed E-state index contributed by atoms with van der Waals surface area (Å²) in [6.07, 6.45) is 2.43. The van der Waals surface area contributed by atoms with E-state index in [9.17, 15) is 9.59 Å². The van der Waals surface area contributed by atoms with Crippen LogP contribution in [0, 0.1) is 0 Å².